The first-order valence-electron chi connectivity index (χ1n) is 1.94. The van der Waals surface area contributed by atoms with Crippen LogP contribution in [0.2, 0.25) is 0 Å². The van der Waals surface area contributed by atoms with Gasteiger partial charge in [0.1, 0.15) is 5.56 Å². The van der Waals surface area contributed by atoms with E-state index in [1.54, 1.807) is 12.3 Å². The molecule has 0 atom stereocenters. The molecule has 0 saturated carbocycles. The van der Waals surface area contributed by atoms with E-state index in [2.05, 4.69) is 11.1 Å². The maximum Gasteiger partial charge on any atom is 0.133 e. The molecule has 0 fully saturated rings. The molecule has 0 unspecified atom stereocenters. The van der Waals surface area contributed by atoms with E-state index in [-0.39, 0.29) is 35.0 Å². The Labute approximate surface area is 69.5 Å². The molecular formula is C5H4BNOW-. The molecule has 0 amide bonds. The Morgan fingerprint density at radius 3 is 2.44 bits per heavy atom. The van der Waals surface area contributed by atoms with Gasteiger partial charge in [-0.05, 0) is 0 Å². The zero-order valence-electron chi connectivity index (χ0n) is 4.63. The quantitative estimate of drug-likeness (QED) is 0.520. The average Bonchev–Trinajstić information content (AvgIpc) is 1.69. The number of hydrogen-bond acceptors (Lipinski definition) is 1. The summed E-state index contributed by atoms with van der Waals surface area (Å²) >= 11 is 0. The Kier molecular flexibility index (Phi) is 7.45. The van der Waals surface area contributed by atoms with E-state index < -0.39 is 0 Å². The van der Waals surface area contributed by atoms with Gasteiger partial charge in [0.25, 0.3) is 0 Å². The molecule has 2 nitrogen and oxygen atoms in total. The standard InChI is InChI=1S/C5H4NO.B.W/c7-5-3-1-2-4-6-5;;/h2-4H,(H,6,7);;/q-1;;. The predicted molar refractivity (Wildman–Crippen MR) is 31.7 cm³/mol. The Hall–Kier alpha value is -0.297. The van der Waals surface area contributed by atoms with Gasteiger partial charge in [0.2, 0.25) is 0 Å². The third-order valence-corrected chi connectivity index (χ3v) is 0.620. The number of rotatable bonds is 0. The maximum atomic E-state index is 10.2. The molecule has 1 aromatic heterocycles. The molecule has 0 aromatic carbocycles. The predicted octanol–water partition coefficient (Wildman–Crippen LogP) is -0.208. The summed E-state index contributed by atoms with van der Waals surface area (Å²) < 4.78 is 0. The van der Waals surface area contributed by atoms with Gasteiger partial charge in [-0.3, -0.25) is 0 Å². The van der Waals surface area contributed by atoms with Crippen LogP contribution in [0.5, 0.6) is 0 Å². The second-order valence-electron chi connectivity index (χ2n) is 1.15. The van der Waals surface area contributed by atoms with Crippen LogP contribution in [0.15, 0.2) is 23.1 Å². The van der Waals surface area contributed by atoms with Crippen molar-refractivity contribution in [1.29, 1.82) is 0 Å². The first kappa shape index (κ1) is 11.5. The average molecular weight is 289 g/mol. The molecule has 1 rings (SSSR count). The van der Waals surface area contributed by atoms with Gasteiger partial charge in [-0.15, -0.1) is 12.3 Å². The van der Waals surface area contributed by atoms with E-state index in [0.29, 0.717) is 0 Å². The summed E-state index contributed by atoms with van der Waals surface area (Å²) in [6.07, 6.45) is 1.54. The largest absolute Gasteiger partial charge is 0.434 e. The van der Waals surface area contributed by atoms with Crippen molar-refractivity contribution in [2.45, 2.75) is 0 Å². The molecule has 0 aliphatic heterocycles. The van der Waals surface area contributed by atoms with Gasteiger partial charge in [0.05, 0.1) is 0 Å². The van der Waals surface area contributed by atoms with Crippen LogP contribution >= 0.6 is 0 Å². The minimum absolute atomic E-state index is 0. The summed E-state index contributed by atoms with van der Waals surface area (Å²) in [7, 11) is 0. The minimum atomic E-state index is -0.109. The third-order valence-electron chi connectivity index (χ3n) is 0.620. The van der Waals surface area contributed by atoms with E-state index in [0.717, 1.165) is 0 Å². The fourth-order valence-electron chi connectivity index (χ4n) is 0.337. The number of hydrogen-bond donors (Lipinski definition) is 1. The van der Waals surface area contributed by atoms with Crippen molar-refractivity contribution < 1.29 is 21.1 Å². The van der Waals surface area contributed by atoms with Crippen LogP contribution in [-0.2, 0) is 21.1 Å². The van der Waals surface area contributed by atoms with Crippen molar-refractivity contribution in [2.24, 2.45) is 0 Å². The monoisotopic (exact) mass is 289 g/mol. The number of aromatic nitrogens is 1. The van der Waals surface area contributed by atoms with Crippen LogP contribution in [-0.4, -0.2) is 13.4 Å². The van der Waals surface area contributed by atoms with E-state index in [1.165, 1.54) is 6.07 Å². The number of H-pyrrole nitrogens is 1. The normalized spacial score (nSPS) is 6.67. The fourth-order valence-corrected chi connectivity index (χ4v) is 0.337. The summed E-state index contributed by atoms with van der Waals surface area (Å²) in [5.74, 6) is 0. The third kappa shape index (κ3) is 4.22. The molecule has 45 valence electrons. The first-order valence-corrected chi connectivity index (χ1v) is 1.94. The number of pyridine rings is 1. The Morgan fingerprint density at radius 2 is 2.22 bits per heavy atom. The molecule has 0 aliphatic rings. The van der Waals surface area contributed by atoms with Crippen LogP contribution in [0.3, 0.4) is 0 Å². The molecule has 0 bridgehead atoms. The van der Waals surface area contributed by atoms with Gasteiger partial charge in [-0.25, -0.2) is 0 Å². The molecule has 1 aromatic rings. The molecule has 0 spiro atoms. The van der Waals surface area contributed by atoms with E-state index >= 15 is 0 Å². The molecule has 1 heterocycles. The summed E-state index contributed by atoms with van der Waals surface area (Å²) in [6, 6.07) is 5.60. The van der Waals surface area contributed by atoms with E-state index in [1.807, 2.05) is 0 Å². The van der Waals surface area contributed by atoms with Gasteiger partial charge in [0, 0.05) is 29.5 Å². The van der Waals surface area contributed by atoms with E-state index in [4.69, 9.17) is 0 Å². The topological polar surface area (TPSA) is 32.9 Å². The SMILES string of the molecule is O=c1c[c-]cc[nH]1.[B].[W]. The van der Waals surface area contributed by atoms with Crippen molar-refractivity contribution in [2.75, 3.05) is 0 Å². The summed E-state index contributed by atoms with van der Waals surface area (Å²) in [4.78, 5) is 12.6. The molecule has 0 aliphatic carbocycles. The second-order valence-corrected chi connectivity index (χ2v) is 1.15. The van der Waals surface area contributed by atoms with Crippen LogP contribution in [0, 0.1) is 6.07 Å². The molecule has 4 heteroatoms. The fraction of sp³-hybridized carbons (Fsp3) is 0. The van der Waals surface area contributed by atoms with Gasteiger partial charge in [0.15, 0.2) is 0 Å². The maximum absolute atomic E-state index is 10.2. The zero-order chi connectivity index (χ0) is 5.11. The van der Waals surface area contributed by atoms with Gasteiger partial charge < -0.3 is 9.78 Å². The molecule has 1 N–H and O–H groups in total. The first-order chi connectivity index (χ1) is 3.39. The van der Waals surface area contributed by atoms with Gasteiger partial charge in [-0.1, -0.05) is 0 Å². The molecule has 9 heavy (non-hydrogen) atoms. The van der Waals surface area contributed by atoms with E-state index in [9.17, 15) is 4.79 Å². The van der Waals surface area contributed by atoms with Crippen molar-refractivity contribution in [3.05, 3.63) is 34.7 Å². The van der Waals surface area contributed by atoms with Gasteiger partial charge >= 0.3 is 0 Å². The summed E-state index contributed by atoms with van der Waals surface area (Å²) in [5, 5.41) is 0. The van der Waals surface area contributed by atoms with Crippen molar-refractivity contribution >= 4 is 8.41 Å². The summed E-state index contributed by atoms with van der Waals surface area (Å²) in [6.45, 7) is 0. The second kappa shape index (κ2) is 5.83. The Balaban J connectivity index is 0. The molecule has 3 radical (unpaired) electrons. The zero-order valence-corrected chi connectivity index (χ0v) is 7.56. The minimum Gasteiger partial charge on any atom is -0.434 e. The van der Waals surface area contributed by atoms with Crippen molar-refractivity contribution in [3.63, 3.8) is 0 Å². The van der Waals surface area contributed by atoms with Crippen LogP contribution in [0.1, 0.15) is 0 Å². The molecular weight excluding hydrogens is 285 g/mol. The smallest absolute Gasteiger partial charge is 0.133 e. The summed E-state index contributed by atoms with van der Waals surface area (Å²) in [5.41, 5.74) is -0.109. The van der Waals surface area contributed by atoms with Crippen LogP contribution < -0.4 is 5.56 Å². The Bertz CT molecular complexity index is 183. The number of nitrogens with one attached hydrogen (secondary N) is 1. The number of aromatic amines is 1. The van der Waals surface area contributed by atoms with Crippen LogP contribution in [0.4, 0.5) is 0 Å². The Morgan fingerprint density at radius 1 is 1.56 bits per heavy atom. The molecule has 0 saturated heterocycles. The van der Waals surface area contributed by atoms with Crippen LogP contribution in [0.25, 0.3) is 0 Å². The van der Waals surface area contributed by atoms with Gasteiger partial charge in [-0.2, -0.15) is 12.1 Å². The van der Waals surface area contributed by atoms with Crippen molar-refractivity contribution in [1.82, 2.24) is 4.98 Å². The van der Waals surface area contributed by atoms with Crippen molar-refractivity contribution in [3.8, 4) is 0 Å².